The number of nitrogens with one attached hydrogen (secondary N) is 1. The zero-order valence-electron chi connectivity index (χ0n) is 16.9. The Balaban J connectivity index is 1.36. The molecule has 0 bridgehead atoms. The van der Waals surface area contributed by atoms with Crippen LogP contribution in [0.15, 0.2) is 36.4 Å². The van der Waals surface area contributed by atoms with E-state index in [9.17, 15) is 9.59 Å². The molecule has 3 aromatic rings. The number of carbonyl (C=O) groups excluding carboxylic acids is 2. The molecule has 0 saturated heterocycles. The second-order valence-corrected chi connectivity index (χ2v) is 7.08. The normalized spacial score (nSPS) is 13.2. The number of benzene rings is 2. The maximum Gasteiger partial charge on any atom is 0.338 e. The van der Waals surface area contributed by atoms with Crippen LogP contribution in [0.5, 0.6) is 11.5 Å². The van der Waals surface area contributed by atoms with Crippen LogP contribution in [-0.2, 0) is 9.53 Å². The van der Waals surface area contributed by atoms with Gasteiger partial charge in [0.05, 0.1) is 34.0 Å². The minimum absolute atomic E-state index is 0.189. The summed E-state index contributed by atoms with van der Waals surface area (Å²) in [5, 5.41) is 2.80. The molecular formula is C22H21N3O5. The number of fused-ring (bicyclic) bond motifs is 2. The number of aromatic nitrogens is 2. The van der Waals surface area contributed by atoms with Crippen LogP contribution in [0.1, 0.15) is 40.3 Å². The summed E-state index contributed by atoms with van der Waals surface area (Å²) in [5.41, 5.74) is 4.11. The second-order valence-electron chi connectivity index (χ2n) is 7.08. The lowest BCUT2D eigenvalue weighted by atomic mass is 10.1. The van der Waals surface area contributed by atoms with Crippen LogP contribution in [0.2, 0.25) is 0 Å². The molecule has 4 rings (SSSR count). The van der Waals surface area contributed by atoms with Crippen LogP contribution in [0.4, 0.5) is 0 Å². The van der Waals surface area contributed by atoms with Crippen LogP contribution in [0.25, 0.3) is 11.0 Å². The number of esters is 1. The second kappa shape index (κ2) is 7.98. The van der Waals surface area contributed by atoms with Gasteiger partial charge in [-0.15, -0.1) is 0 Å². The van der Waals surface area contributed by atoms with Gasteiger partial charge >= 0.3 is 5.97 Å². The Kier molecular flexibility index (Phi) is 5.22. The highest BCUT2D eigenvalue weighted by Crippen LogP contribution is 2.34. The molecule has 8 heteroatoms. The van der Waals surface area contributed by atoms with Crippen molar-refractivity contribution in [1.82, 2.24) is 15.3 Å². The molecule has 154 valence electrons. The van der Waals surface area contributed by atoms with Gasteiger partial charge in [0.25, 0.3) is 5.91 Å². The fraction of sp³-hybridized carbons (Fsp3) is 0.273. The van der Waals surface area contributed by atoms with Gasteiger partial charge in [-0.25, -0.2) is 14.8 Å². The van der Waals surface area contributed by atoms with Crippen molar-refractivity contribution in [2.45, 2.75) is 26.8 Å². The topological polar surface area (TPSA) is 99.6 Å². The highest BCUT2D eigenvalue weighted by atomic mass is 16.7. The fourth-order valence-corrected chi connectivity index (χ4v) is 3.12. The van der Waals surface area contributed by atoms with Crippen molar-refractivity contribution in [1.29, 1.82) is 0 Å². The molecular weight excluding hydrogens is 386 g/mol. The van der Waals surface area contributed by atoms with E-state index in [1.54, 1.807) is 24.3 Å². The lowest BCUT2D eigenvalue weighted by Crippen LogP contribution is -2.31. The Bertz CT molecular complexity index is 1150. The molecule has 2 aromatic carbocycles. The molecule has 1 N–H and O–H groups in total. The number of carbonyl (C=O) groups is 2. The molecule has 1 aliphatic heterocycles. The lowest BCUT2D eigenvalue weighted by molar-refractivity contribution is -0.124. The molecule has 0 aliphatic carbocycles. The standard InChI is InChI=1S/C22H21N3O5/c1-12-13(2)24-18-8-16(4-6-17(18)23-12)22(27)28-10-21(26)25-14(3)15-5-7-19-20(9-15)30-11-29-19/h4-9,14H,10-11H2,1-3H3,(H,25,26)/t14-/m0/s1. The van der Waals surface area contributed by atoms with Crippen LogP contribution in [0, 0.1) is 13.8 Å². The fourth-order valence-electron chi connectivity index (χ4n) is 3.12. The predicted molar refractivity (Wildman–Crippen MR) is 108 cm³/mol. The smallest absolute Gasteiger partial charge is 0.338 e. The van der Waals surface area contributed by atoms with Crippen LogP contribution < -0.4 is 14.8 Å². The Labute approximate surface area is 173 Å². The van der Waals surface area contributed by atoms with Gasteiger partial charge in [0.1, 0.15) is 0 Å². The van der Waals surface area contributed by atoms with Crippen LogP contribution in [0.3, 0.4) is 0 Å². The van der Waals surface area contributed by atoms with E-state index < -0.39 is 11.9 Å². The molecule has 1 aromatic heterocycles. The number of hydrogen-bond donors (Lipinski definition) is 1. The van der Waals surface area contributed by atoms with Crippen molar-refractivity contribution < 1.29 is 23.8 Å². The molecule has 1 amide bonds. The van der Waals surface area contributed by atoms with Gasteiger partial charge < -0.3 is 19.5 Å². The van der Waals surface area contributed by atoms with E-state index in [-0.39, 0.29) is 19.4 Å². The molecule has 30 heavy (non-hydrogen) atoms. The lowest BCUT2D eigenvalue weighted by Gasteiger charge is -2.15. The Morgan fingerprint density at radius 1 is 1.03 bits per heavy atom. The number of amides is 1. The Morgan fingerprint density at radius 3 is 2.57 bits per heavy atom. The summed E-state index contributed by atoms with van der Waals surface area (Å²) in [6, 6.07) is 10.1. The third-order valence-corrected chi connectivity index (χ3v) is 4.92. The van der Waals surface area contributed by atoms with E-state index in [1.807, 2.05) is 32.9 Å². The average Bonchev–Trinajstić information content (AvgIpc) is 3.20. The van der Waals surface area contributed by atoms with Crippen LogP contribution in [-0.4, -0.2) is 35.2 Å². The Hall–Kier alpha value is -3.68. The summed E-state index contributed by atoms with van der Waals surface area (Å²) in [5.74, 6) is 0.324. The number of aryl methyl sites for hydroxylation is 2. The molecule has 1 aliphatic rings. The number of ether oxygens (including phenoxy) is 3. The van der Waals surface area contributed by atoms with Gasteiger partial charge in [-0.1, -0.05) is 6.07 Å². The first-order chi connectivity index (χ1) is 14.4. The predicted octanol–water partition coefficient (Wildman–Crippen LogP) is 3.01. The van der Waals surface area contributed by atoms with Crippen LogP contribution >= 0.6 is 0 Å². The molecule has 0 radical (unpaired) electrons. The number of nitrogens with zero attached hydrogens (tertiary/aromatic N) is 2. The maximum absolute atomic E-state index is 12.3. The first-order valence-corrected chi connectivity index (χ1v) is 9.52. The SMILES string of the molecule is Cc1nc2ccc(C(=O)OCC(=O)N[C@@H](C)c3ccc4c(c3)OCO4)cc2nc1C. The van der Waals surface area contributed by atoms with Crippen molar-refractivity contribution in [3.8, 4) is 11.5 Å². The van der Waals surface area contributed by atoms with Gasteiger partial charge in [0.2, 0.25) is 6.79 Å². The summed E-state index contributed by atoms with van der Waals surface area (Å²) in [7, 11) is 0. The summed E-state index contributed by atoms with van der Waals surface area (Å²) in [6.45, 7) is 5.38. The summed E-state index contributed by atoms with van der Waals surface area (Å²) in [4.78, 5) is 33.5. The minimum atomic E-state index is -0.595. The highest BCUT2D eigenvalue weighted by molar-refractivity contribution is 5.94. The molecule has 0 fully saturated rings. The van der Waals surface area contributed by atoms with E-state index in [1.165, 1.54) is 0 Å². The minimum Gasteiger partial charge on any atom is -0.454 e. The van der Waals surface area contributed by atoms with Gasteiger partial charge in [0.15, 0.2) is 18.1 Å². The van der Waals surface area contributed by atoms with Crippen molar-refractivity contribution in [2.75, 3.05) is 13.4 Å². The quantitative estimate of drug-likeness (QED) is 0.649. The largest absolute Gasteiger partial charge is 0.454 e. The molecule has 8 nitrogen and oxygen atoms in total. The molecule has 0 spiro atoms. The Morgan fingerprint density at radius 2 is 1.77 bits per heavy atom. The van der Waals surface area contributed by atoms with Crippen molar-refractivity contribution in [3.05, 3.63) is 58.9 Å². The van der Waals surface area contributed by atoms with Crippen molar-refractivity contribution in [3.63, 3.8) is 0 Å². The molecule has 0 saturated carbocycles. The monoisotopic (exact) mass is 407 g/mol. The van der Waals surface area contributed by atoms with Gasteiger partial charge in [-0.2, -0.15) is 0 Å². The van der Waals surface area contributed by atoms with Crippen molar-refractivity contribution in [2.24, 2.45) is 0 Å². The third-order valence-electron chi connectivity index (χ3n) is 4.92. The first kappa shape index (κ1) is 19.6. The molecule has 0 unspecified atom stereocenters. The van der Waals surface area contributed by atoms with E-state index in [0.29, 0.717) is 28.1 Å². The highest BCUT2D eigenvalue weighted by Gasteiger charge is 2.18. The van der Waals surface area contributed by atoms with Gasteiger partial charge in [-0.3, -0.25) is 4.79 Å². The van der Waals surface area contributed by atoms with Gasteiger partial charge in [-0.05, 0) is 56.7 Å². The number of rotatable bonds is 5. The maximum atomic E-state index is 12.3. The van der Waals surface area contributed by atoms with Crippen molar-refractivity contribution >= 4 is 22.9 Å². The van der Waals surface area contributed by atoms with E-state index in [2.05, 4.69) is 15.3 Å². The van der Waals surface area contributed by atoms with E-state index in [4.69, 9.17) is 14.2 Å². The van der Waals surface area contributed by atoms with E-state index in [0.717, 1.165) is 17.0 Å². The first-order valence-electron chi connectivity index (χ1n) is 9.52. The average molecular weight is 407 g/mol. The zero-order chi connectivity index (χ0) is 21.3. The zero-order valence-corrected chi connectivity index (χ0v) is 16.9. The third kappa shape index (κ3) is 4.03. The van der Waals surface area contributed by atoms with Gasteiger partial charge in [0, 0.05) is 0 Å². The number of hydrogen-bond acceptors (Lipinski definition) is 7. The van der Waals surface area contributed by atoms with E-state index >= 15 is 0 Å². The molecule has 2 heterocycles. The summed E-state index contributed by atoms with van der Waals surface area (Å²) in [6.07, 6.45) is 0. The summed E-state index contributed by atoms with van der Waals surface area (Å²) < 4.78 is 15.8. The molecule has 1 atom stereocenters. The summed E-state index contributed by atoms with van der Waals surface area (Å²) >= 11 is 0.